The highest BCUT2D eigenvalue weighted by atomic mass is 31.2. The summed E-state index contributed by atoms with van der Waals surface area (Å²) in [5, 5.41) is 15.5. The minimum absolute atomic E-state index is 0.133. The van der Waals surface area contributed by atoms with E-state index < -0.39 is 31.3 Å². The number of carbonyl (C=O) groups is 1. The fourth-order valence-electron chi connectivity index (χ4n) is 5.62. The Labute approximate surface area is 245 Å². The average molecular weight is 622 g/mol. The number of nitrogens with zero attached hydrogens (tertiary/aromatic N) is 3. The molecule has 230 valence electrons. The van der Waals surface area contributed by atoms with Gasteiger partial charge in [-0.25, -0.2) is 4.98 Å². The zero-order chi connectivity index (χ0) is 31.1. The van der Waals surface area contributed by atoms with Crippen molar-refractivity contribution in [2.24, 2.45) is 0 Å². The molecule has 11 nitrogen and oxygen atoms in total. The van der Waals surface area contributed by atoms with Gasteiger partial charge in [-0.2, -0.15) is 18.2 Å². The second-order valence-corrected chi connectivity index (χ2v) is 12.4. The van der Waals surface area contributed by atoms with Crippen molar-refractivity contribution in [2.45, 2.75) is 56.6 Å². The number of carbonyl (C=O) groups excluding carboxylic acids is 1. The maximum absolute atomic E-state index is 14.0. The molecule has 1 aliphatic heterocycles. The van der Waals surface area contributed by atoms with Gasteiger partial charge in [-0.05, 0) is 66.5 Å². The van der Waals surface area contributed by atoms with Crippen molar-refractivity contribution in [2.75, 3.05) is 24.8 Å². The number of rotatable bonds is 8. The topological polar surface area (TPSA) is 157 Å². The Morgan fingerprint density at radius 3 is 2.44 bits per heavy atom. The number of amides is 1. The summed E-state index contributed by atoms with van der Waals surface area (Å²) in [5.41, 5.74) is 1.58. The van der Waals surface area contributed by atoms with Gasteiger partial charge in [0.15, 0.2) is 0 Å². The van der Waals surface area contributed by atoms with E-state index in [0.29, 0.717) is 31.1 Å². The number of ether oxygens (including phenoxy) is 1. The van der Waals surface area contributed by atoms with Crippen LogP contribution >= 0.6 is 7.60 Å². The number of aromatic nitrogens is 2. The minimum Gasteiger partial charge on any atom is -0.495 e. The number of halogens is 3. The van der Waals surface area contributed by atoms with Crippen LogP contribution in [0.2, 0.25) is 0 Å². The number of anilines is 4. The third kappa shape index (κ3) is 6.77. The number of aliphatic hydroxyl groups excluding tert-OH is 1. The lowest BCUT2D eigenvalue weighted by molar-refractivity contribution is -0.137. The van der Waals surface area contributed by atoms with Crippen LogP contribution in [0.25, 0.3) is 0 Å². The highest BCUT2D eigenvalue weighted by molar-refractivity contribution is 7.50. The summed E-state index contributed by atoms with van der Waals surface area (Å²) >= 11 is 0. The third-order valence-electron chi connectivity index (χ3n) is 7.69. The zero-order valence-electron chi connectivity index (χ0n) is 23.4. The summed E-state index contributed by atoms with van der Waals surface area (Å²) < 4.78 is 58.8. The third-order valence-corrected chi connectivity index (χ3v) is 8.47. The first kappa shape index (κ1) is 30.7. The van der Waals surface area contributed by atoms with Crippen LogP contribution in [0.3, 0.4) is 0 Å². The van der Waals surface area contributed by atoms with E-state index in [1.807, 2.05) is 6.07 Å². The number of hydrogen-bond acceptors (Lipinski definition) is 8. The van der Waals surface area contributed by atoms with E-state index in [1.165, 1.54) is 30.2 Å². The van der Waals surface area contributed by atoms with Crippen LogP contribution in [0.1, 0.15) is 64.2 Å². The molecular formula is C28H31F3N5O6P. The highest BCUT2D eigenvalue weighted by Gasteiger charge is 2.37. The highest BCUT2D eigenvalue weighted by Crippen LogP contribution is 2.43. The molecule has 43 heavy (non-hydrogen) atoms. The molecule has 15 heteroatoms. The normalized spacial score (nSPS) is 18.9. The number of aliphatic hydroxyl groups is 1. The fraction of sp³-hybridized carbons (Fsp3) is 0.393. The van der Waals surface area contributed by atoms with Gasteiger partial charge in [0, 0.05) is 19.8 Å². The summed E-state index contributed by atoms with van der Waals surface area (Å²) in [6, 6.07) is 7.70. The molecular weight excluding hydrogens is 590 g/mol. The van der Waals surface area contributed by atoms with E-state index in [1.54, 1.807) is 13.1 Å². The first-order valence-corrected chi connectivity index (χ1v) is 15.3. The van der Waals surface area contributed by atoms with Crippen LogP contribution in [0.4, 0.5) is 36.3 Å². The maximum atomic E-state index is 14.0. The Bertz CT molecular complexity index is 1590. The SMILES string of the molecule is COc1cc(CP(=O)(O)O)ccc1Nc1ncc(C(F)(F)F)c(Nc2ccc(C3CCC(O)CC3)c3c2C(=O)N(C)C3)n1. The summed E-state index contributed by atoms with van der Waals surface area (Å²) in [6.45, 7) is 0.318. The molecule has 0 bridgehead atoms. The summed E-state index contributed by atoms with van der Waals surface area (Å²) in [5.74, 6) is -0.805. The van der Waals surface area contributed by atoms with E-state index in [0.717, 1.165) is 24.0 Å². The van der Waals surface area contributed by atoms with Gasteiger partial charge in [0.2, 0.25) is 5.95 Å². The van der Waals surface area contributed by atoms with Gasteiger partial charge < -0.3 is 35.2 Å². The first-order chi connectivity index (χ1) is 20.2. The fourth-order valence-corrected chi connectivity index (χ4v) is 6.29. The molecule has 2 aliphatic rings. The van der Waals surface area contributed by atoms with Crippen molar-refractivity contribution in [1.29, 1.82) is 0 Å². The van der Waals surface area contributed by atoms with Crippen LogP contribution in [0.5, 0.6) is 5.75 Å². The minimum atomic E-state index is -4.81. The van der Waals surface area contributed by atoms with Crippen LogP contribution < -0.4 is 15.4 Å². The first-order valence-electron chi connectivity index (χ1n) is 13.5. The van der Waals surface area contributed by atoms with Gasteiger partial charge >= 0.3 is 13.8 Å². The molecule has 2 heterocycles. The molecule has 0 saturated heterocycles. The molecule has 5 rings (SSSR count). The smallest absolute Gasteiger partial charge is 0.421 e. The van der Waals surface area contributed by atoms with Crippen molar-refractivity contribution in [1.82, 2.24) is 14.9 Å². The van der Waals surface area contributed by atoms with Gasteiger partial charge in [0.25, 0.3) is 5.91 Å². The van der Waals surface area contributed by atoms with Gasteiger partial charge in [0.1, 0.15) is 17.1 Å². The monoisotopic (exact) mass is 621 g/mol. The van der Waals surface area contributed by atoms with E-state index in [-0.39, 0.29) is 46.6 Å². The van der Waals surface area contributed by atoms with E-state index in [4.69, 9.17) is 4.74 Å². The second kappa shape index (κ2) is 11.8. The van der Waals surface area contributed by atoms with Crippen molar-refractivity contribution in [3.63, 3.8) is 0 Å². The molecule has 1 saturated carbocycles. The molecule has 2 aromatic carbocycles. The van der Waals surface area contributed by atoms with E-state index >= 15 is 0 Å². The average Bonchev–Trinajstić information content (AvgIpc) is 3.23. The number of methoxy groups -OCH3 is 1. The quantitative estimate of drug-likeness (QED) is 0.210. The Morgan fingerprint density at radius 2 is 1.79 bits per heavy atom. The van der Waals surface area contributed by atoms with Crippen molar-refractivity contribution in [3.05, 3.63) is 64.3 Å². The summed E-state index contributed by atoms with van der Waals surface area (Å²) in [4.78, 5) is 41.1. The van der Waals surface area contributed by atoms with Crippen molar-refractivity contribution < 1.29 is 42.2 Å². The van der Waals surface area contributed by atoms with Crippen LogP contribution in [-0.2, 0) is 23.4 Å². The van der Waals surface area contributed by atoms with Crippen LogP contribution in [0.15, 0.2) is 36.5 Å². The molecule has 0 atom stereocenters. The summed E-state index contributed by atoms with van der Waals surface area (Å²) in [7, 11) is -1.38. The largest absolute Gasteiger partial charge is 0.495 e. The number of alkyl halides is 3. The Morgan fingerprint density at radius 1 is 1.09 bits per heavy atom. The predicted octanol–water partition coefficient (Wildman–Crippen LogP) is 5.27. The molecule has 3 aromatic rings. The standard InChI is InChI=1S/C28H31F3N5O6P/c1-36-13-19-18(16-4-6-17(37)7-5-16)8-10-22(24(19)26(36)38)33-25-20(28(29,30)31)12-32-27(35-25)34-21-9-3-15(11-23(21)42-2)14-43(39,40)41/h3,8-12,16-17,37H,4-7,13-14H2,1-2H3,(H2,39,40,41)(H2,32,33,34,35). The lowest BCUT2D eigenvalue weighted by Crippen LogP contribution is -2.18. The zero-order valence-corrected chi connectivity index (χ0v) is 24.2. The number of nitrogens with one attached hydrogen (secondary N) is 2. The van der Waals surface area contributed by atoms with Gasteiger partial charge in [0.05, 0.1) is 36.3 Å². The Balaban J connectivity index is 1.50. The van der Waals surface area contributed by atoms with Crippen molar-refractivity contribution >= 4 is 36.6 Å². The van der Waals surface area contributed by atoms with E-state index in [9.17, 15) is 37.4 Å². The van der Waals surface area contributed by atoms with Gasteiger partial charge in [-0.1, -0.05) is 12.1 Å². The number of fused-ring (bicyclic) bond motifs is 1. The van der Waals surface area contributed by atoms with Crippen LogP contribution in [-0.4, -0.2) is 55.9 Å². The van der Waals surface area contributed by atoms with Gasteiger partial charge in [-0.15, -0.1) is 0 Å². The van der Waals surface area contributed by atoms with Gasteiger partial charge in [-0.3, -0.25) is 9.36 Å². The lowest BCUT2D eigenvalue weighted by Gasteiger charge is -2.27. The lowest BCUT2D eigenvalue weighted by atomic mass is 9.80. The summed E-state index contributed by atoms with van der Waals surface area (Å²) in [6.07, 6.45) is -2.26. The number of benzene rings is 2. The molecule has 0 radical (unpaired) electrons. The molecule has 1 aromatic heterocycles. The molecule has 0 spiro atoms. The molecule has 1 amide bonds. The van der Waals surface area contributed by atoms with Crippen molar-refractivity contribution in [3.8, 4) is 5.75 Å². The molecule has 1 aliphatic carbocycles. The Kier molecular flexibility index (Phi) is 8.41. The molecule has 0 unspecified atom stereocenters. The maximum Gasteiger partial charge on any atom is 0.421 e. The molecule has 5 N–H and O–H groups in total. The Hall–Kier alpha value is -3.71. The molecule has 1 fully saturated rings. The van der Waals surface area contributed by atoms with E-state index in [2.05, 4.69) is 20.6 Å². The predicted molar refractivity (Wildman–Crippen MR) is 152 cm³/mol. The van der Waals surface area contributed by atoms with Crippen LogP contribution in [0, 0.1) is 0 Å². The second-order valence-electron chi connectivity index (χ2n) is 10.8. The number of hydrogen-bond donors (Lipinski definition) is 5.